The fraction of sp³-hybridized carbons (Fsp3) is 0.500. The molecule has 1 saturated heterocycles. The van der Waals surface area contributed by atoms with Crippen molar-refractivity contribution in [2.75, 3.05) is 25.5 Å². The van der Waals surface area contributed by atoms with Crippen molar-refractivity contribution in [3.8, 4) is 17.6 Å². The normalized spacial score (nSPS) is 19.4. The summed E-state index contributed by atoms with van der Waals surface area (Å²) in [5.74, 6) is 5.69. The Kier molecular flexibility index (Phi) is 7.74. The van der Waals surface area contributed by atoms with Gasteiger partial charge in [0.05, 0.1) is 11.5 Å². The molecule has 1 aromatic rings. The van der Waals surface area contributed by atoms with E-state index in [0.717, 1.165) is 4.31 Å². The number of sulfonamides is 1. The minimum atomic E-state index is -3.95. The van der Waals surface area contributed by atoms with Crippen molar-refractivity contribution in [3.63, 3.8) is 0 Å². The molecule has 1 fully saturated rings. The van der Waals surface area contributed by atoms with E-state index in [1.54, 1.807) is 19.3 Å². The van der Waals surface area contributed by atoms with Gasteiger partial charge < -0.3 is 9.84 Å². The number of benzene rings is 1. The van der Waals surface area contributed by atoms with Gasteiger partial charge in [-0.15, -0.1) is 0 Å². The number of aliphatic hydroxyl groups is 1. The van der Waals surface area contributed by atoms with E-state index in [2.05, 4.69) is 11.8 Å². The number of carbonyl (C=O) groups is 1. The molecule has 0 radical (unpaired) electrons. The van der Waals surface area contributed by atoms with Crippen LogP contribution in [0.25, 0.3) is 0 Å². The van der Waals surface area contributed by atoms with Crippen LogP contribution in [0.4, 0.5) is 0 Å². The number of carbonyl (C=O) groups excluding carboxylic acids is 1. The second kappa shape index (κ2) is 9.62. The van der Waals surface area contributed by atoms with Gasteiger partial charge in [-0.1, -0.05) is 11.8 Å². The molecule has 0 bridgehead atoms. The third-order valence-electron chi connectivity index (χ3n) is 4.19. The minimum Gasteiger partial charge on any atom is -0.481 e. The highest BCUT2D eigenvalue weighted by Gasteiger charge is 2.48. The van der Waals surface area contributed by atoms with Gasteiger partial charge in [-0.2, -0.15) is 16.1 Å². The van der Waals surface area contributed by atoms with E-state index < -0.39 is 26.7 Å². The van der Waals surface area contributed by atoms with Crippen molar-refractivity contribution in [1.82, 2.24) is 9.79 Å². The molecule has 8 nitrogen and oxygen atoms in total. The summed E-state index contributed by atoms with van der Waals surface area (Å²) in [7, 11) is -3.95. The van der Waals surface area contributed by atoms with Crippen LogP contribution >= 0.6 is 11.8 Å². The van der Waals surface area contributed by atoms with E-state index in [4.69, 9.17) is 15.1 Å². The molecule has 1 heterocycles. The van der Waals surface area contributed by atoms with Crippen molar-refractivity contribution < 1.29 is 28.3 Å². The molecular formula is C18H24N2O6S2. The number of hydrogen-bond acceptors (Lipinski definition) is 7. The lowest BCUT2D eigenvalue weighted by atomic mass is 10.0. The summed E-state index contributed by atoms with van der Waals surface area (Å²) < 4.78 is 32.1. The third-order valence-corrected chi connectivity index (χ3v) is 7.43. The molecule has 0 unspecified atom stereocenters. The lowest BCUT2D eigenvalue weighted by Crippen LogP contribution is -2.61. The predicted molar refractivity (Wildman–Crippen MR) is 106 cm³/mol. The lowest BCUT2D eigenvalue weighted by Gasteiger charge is -2.43. The summed E-state index contributed by atoms with van der Waals surface area (Å²) in [5.41, 5.74) is 1.58. The number of nitrogens with one attached hydrogen (secondary N) is 1. The van der Waals surface area contributed by atoms with Gasteiger partial charge in [0, 0.05) is 23.5 Å². The molecule has 0 aliphatic carbocycles. The van der Waals surface area contributed by atoms with Crippen LogP contribution in [0.3, 0.4) is 0 Å². The van der Waals surface area contributed by atoms with Gasteiger partial charge in [-0.25, -0.2) is 13.9 Å². The first-order chi connectivity index (χ1) is 13.2. The average molecular weight is 429 g/mol. The molecule has 1 amide bonds. The number of hydrogen-bond donors (Lipinski definition) is 3. The van der Waals surface area contributed by atoms with Crippen LogP contribution in [-0.4, -0.2) is 65.2 Å². The van der Waals surface area contributed by atoms with Gasteiger partial charge in [-0.3, -0.25) is 10.0 Å². The van der Waals surface area contributed by atoms with Crippen LogP contribution < -0.4 is 10.2 Å². The second-order valence-electron chi connectivity index (χ2n) is 6.53. The Balaban J connectivity index is 2.21. The molecule has 2 rings (SSSR count). The van der Waals surface area contributed by atoms with E-state index in [-0.39, 0.29) is 24.7 Å². The van der Waals surface area contributed by atoms with Gasteiger partial charge in [0.25, 0.3) is 5.91 Å². The van der Waals surface area contributed by atoms with Gasteiger partial charge in [0.15, 0.2) is 0 Å². The Morgan fingerprint density at radius 2 is 2.04 bits per heavy atom. The Hall–Kier alpha value is -1.77. The molecule has 0 saturated carbocycles. The summed E-state index contributed by atoms with van der Waals surface area (Å²) >= 11 is 1.48. The lowest BCUT2D eigenvalue weighted by molar-refractivity contribution is -0.134. The minimum absolute atomic E-state index is 0.0132. The van der Waals surface area contributed by atoms with Crippen LogP contribution in [-0.2, 0) is 14.8 Å². The van der Waals surface area contributed by atoms with E-state index >= 15 is 0 Å². The maximum absolute atomic E-state index is 13.1. The first-order valence-corrected chi connectivity index (χ1v) is 11.1. The molecule has 1 aliphatic rings. The quantitative estimate of drug-likeness (QED) is 0.349. The van der Waals surface area contributed by atoms with Crippen molar-refractivity contribution in [3.05, 3.63) is 24.3 Å². The van der Waals surface area contributed by atoms with Gasteiger partial charge in [0.1, 0.15) is 18.4 Å². The van der Waals surface area contributed by atoms with Crippen LogP contribution in [0.1, 0.15) is 20.3 Å². The first kappa shape index (κ1) is 22.5. The van der Waals surface area contributed by atoms with Gasteiger partial charge in [0.2, 0.25) is 10.0 Å². The Labute approximate surface area is 169 Å². The van der Waals surface area contributed by atoms with Gasteiger partial charge in [-0.05, 0) is 38.1 Å². The summed E-state index contributed by atoms with van der Waals surface area (Å²) in [4.78, 5) is 12.2. The molecule has 1 aromatic carbocycles. The zero-order valence-electron chi connectivity index (χ0n) is 15.7. The van der Waals surface area contributed by atoms with Crippen LogP contribution in [0.15, 0.2) is 29.2 Å². The zero-order chi connectivity index (χ0) is 20.8. The van der Waals surface area contributed by atoms with E-state index in [1.807, 2.05) is 0 Å². The summed E-state index contributed by atoms with van der Waals surface area (Å²) in [6.07, 6.45) is 0.369. The number of nitrogens with zero attached hydrogens (tertiary/aromatic N) is 1. The molecule has 1 aliphatic heterocycles. The van der Waals surface area contributed by atoms with Crippen LogP contribution in [0.2, 0.25) is 0 Å². The summed E-state index contributed by atoms with van der Waals surface area (Å²) in [6, 6.07) is 4.82. The summed E-state index contributed by atoms with van der Waals surface area (Å²) in [6.45, 7) is 3.82. The van der Waals surface area contributed by atoms with E-state index in [1.165, 1.54) is 36.0 Å². The molecule has 0 spiro atoms. The predicted octanol–water partition coefficient (Wildman–Crippen LogP) is 0.841. The summed E-state index contributed by atoms with van der Waals surface area (Å²) in [5, 5.41) is 17.7. The molecule has 1 atom stereocenters. The van der Waals surface area contributed by atoms with Gasteiger partial charge >= 0.3 is 0 Å². The fourth-order valence-corrected chi connectivity index (χ4v) is 5.99. The maximum Gasteiger partial charge on any atom is 0.263 e. The zero-order valence-corrected chi connectivity index (χ0v) is 17.3. The largest absolute Gasteiger partial charge is 0.481 e. The molecule has 0 aromatic heterocycles. The monoisotopic (exact) mass is 428 g/mol. The molecule has 154 valence electrons. The Bertz CT molecular complexity index is 843. The number of thioether (sulfide) groups is 1. The highest BCUT2D eigenvalue weighted by Crippen LogP contribution is 2.38. The smallest absolute Gasteiger partial charge is 0.263 e. The van der Waals surface area contributed by atoms with E-state index in [9.17, 15) is 13.2 Å². The Morgan fingerprint density at radius 1 is 1.36 bits per heavy atom. The maximum atomic E-state index is 13.1. The van der Waals surface area contributed by atoms with Crippen LogP contribution in [0.5, 0.6) is 5.75 Å². The second-order valence-corrected chi connectivity index (χ2v) is 10.2. The highest BCUT2D eigenvalue weighted by atomic mass is 32.2. The number of rotatable bonds is 6. The number of aliphatic hydroxyl groups excluding tert-OH is 1. The van der Waals surface area contributed by atoms with Crippen LogP contribution in [0, 0.1) is 11.8 Å². The van der Waals surface area contributed by atoms with E-state index in [0.29, 0.717) is 17.9 Å². The Morgan fingerprint density at radius 3 is 2.64 bits per heavy atom. The highest BCUT2D eigenvalue weighted by molar-refractivity contribution is 8.00. The SMILES string of the molecule is CC1(C)SCCN(S(=O)(=O)c2ccc(OCC#CCCO)cc2)[C@H]1C(=O)NO. The van der Waals surface area contributed by atoms with Crippen molar-refractivity contribution in [2.24, 2.45) is 0 Å². The van der Waals surface area contributed by atoms with Crippen molar-refractivity contribution in [2.45, 2.75) is 36.0 Å². The van der Waals surface area contributed by atoms with Crippen molar-refractivity contribution in [1.29, 1.82) is 0 Å². The molecule has 10 heteroatoms. The standard InChI is InChI=1S/C18H24N2O6S2/c1-18(2)16(17(22)19-23)20(10-13-27-18)28(24,25)15-8-6-14(7-9-15)26-12-5-3-4-11-21/h6-9,16,21,23H,4,10-13H2,1-2H3,(H,19,22)/t16-/m0/s1. The van der Waals surface area contributed by atoms with Crippen molar-refractivity contribution >= 4 is 27.7 Å². The number of amides is 1. The molecule has 3 N–H and O–H groups in total. The number of hydroxylamine groups is 1. The average Bonchev–Trinajstić information content (AvgIpc) is 2.66. The first-order valence-electron chi connectivity index (χ1n) is 8.63. The molecule has 28 heavy (non-hydrogen) atoms. The topological polar surface area (TPSA) is 116 Å². The fourth-order valence-electron chi connectivity index (χ4n) is 2.88. The third kappa shape index (κ3) is 5.18. The molecular weight excluding hydrogens is 404 g/mol. The number of ether oxygens (including phenoxy) is 1.